The Bertz CT molecular complexity index is 495. The first-order valence-corrected chi connectivity index (χ1v) is 7.67. The summed E-state index contributed by atoms with van der Waals surface area (Å²) in [5.74, 6) is 1.27. The van der Waals surface area contributed by atoms with Gasteiger partial charge in [-0.3, -0.25) is 9.59 Å². The maximum Gasteiger partial charge on any atom is 0.223 e. The van der Waals surface area contributed by atoms with Crippen molar-refractivity contribution < 1.29 is 14.3 Å². The summed E-state index contributed by atoms with van der Waals surface area (Å²) >= 11 is 0. The predicted octanol–water partition coefficient (Wildman–Crippen LogP) is 2.92. The zero-order valence-corrected chi connectivity index (χ0v) is 12.8. The number of carbonyl (C=O) groups is 2. The minimum Gasteiger partial charge on any atom is -0.494 e. The van der Waals surface area contributed by atoms with Crippen LogP contribution < -0.4 is 4.74 Å². The lowest BCUT2D eigenvalue weighted by atomic mass is 10.0. The number of Topliss-reactive ketones (excluding diaryl/α,β-unsaturated/α-hetero) is 1. The molecule has 0 aliphatic carbocycles. The lowest BCUT2D eigenvalue weighted by molar-refractivity contribution is -0.127. The largest absolute Gasteiger partial charge is 0.494 e. The molecule has 2 rings (SSSR count). The van der Waals surface area contributed by atoms with Crippen LogP contribution in [0.4, 0.5) is 0 Å². The number of likely N-dealkylation sites (tertiary alicyclic amines) is 1. The number of rotatable bonds is 7. The minimum absolute atomic E-state index is 0.0106. The van der Waals surface area contributed by atoms with E-state index in [9.17, 15) is 9.59 Å². The summed E-state index contributed by atoms with van der Waals surface area (Å²) in [6, 6.07) is 7.11. The molecule has 114 valence electrons. The first-order valence-electron chi connectivity index (χ1n) is 7.67. The van der Waals surface area contributed by atoms with Gasteiger partial charge >= 0.3 is 0 Å². The molecule has 1 aromatic rings. The molecule has 1 aromatic carbocycles. The first kappa shape index (κ1) is 15.5. The molecule has 4 nitrogen and oxygen atoms in total. The van der Waals surface area contributed by atoms with Crippen LogP contribution in [0.5, 0.6) is 5.75 Å². The number of hydrogen-bond donors (Lipinski definition) is 0. The highest BCUT2D eigenvalue weighted by Gasteiger charge is 2.30. The molecule has 1 unspecified atom stereocenters. The highest BCUT2D eigenvalue weighted by molar-refractivity contribution is 5.99. The molecule has 0 radical (unpaired) electrons. The molecular formula is C17H23NO3. The molecule has 1 atom stereocenters. The summed E-state index contributed by atoms with van der Waals surface area (Å²) < 4.78 is 5.36. The number of benzene rings is 1. The highest BCUT2D eigenvalue weighted by atomic mass is 16.5. The van der Waals surface area contributed by atoms with E-state index in [0.29, 0.717) is 24.5 Å². The third-order valence-electron chi connectivity index (χ3n) is 3.81. The maximum absolute atomic E-state index is 12.2. The Balaban J connectivity index is 1.93. The molecule has 1 saturated heterocycles. The molecule has 0 spiro atoms. The number of ether oxygens (including phenoxy) is 1. The summed E-state index contributed by atoms with van der Waals surface area (Å²) in [7, 11) is 0. The Kier molecular flexibility index (Phi) is 5.37. The van der Waals surface area contributed by atoms with E-state index in [1.54, 1.807) is 29.2 Å². The second kappa shape index (κ2) is 7.25. The Labute approximate surface area is 126 Å². The molecule has 21 heavy (non-hydrogen) atoms. The molecule has 1 heterocycles. The predicted molar refractivity (Wildman–Crippen MR) is 81.5 cm³/mol. The zero-order valence-electron chi connectivity index (χ0n) is 12.8. The molecular weight excluding hydrogens is 266 g/mol. The monoisotopic (exact) mass is 289 g/mol. The second-order valence-corrected chi connectivity index (χ2v) is 5.51. The molecule has 1 aliphatic rings. The summed E-state index contributed by atoms with van der Waals surface area (Å²) in [5, 5.41) is 0. The zero-order chi connectivity index (χ0) is 15.2. The molecule has 1 amide bonds. The van der Waals surface area contributed by atoms with Gasteiger partial charge in [-0.15, -0.1) is 0 Å². The standard InChI is InChI=1S/C17H23NO3/c1-3-5-13-10-17(20)18(11-13)12-16(19)14-6-8-15(9-7-14)21-4-2/h6-9,13H,3-5,10-12H2,1-2H3. The van der Waals surface area contributed by atoms with E-state index in [1.807, 2.05) is 6.92 Å². The number of hydrogen-bond acceptors (Lipinski definition) is 3. The van der Waals surface area contributed by atoms with Gasteiger partial charge in [0.2, 0.25) is 5.91 Å². The van der Waals surface area contributed by atoms with Crippen LogP contribution in [0.3, 0.4) is 0 Å². The van der Waals surface area contributed by atoms with Gasteiger partial charge in [0, 0.05) is 18.5 Å². The van der Waals surface area contributed by atoms with E-state index in [-0.39, 0.29) is 18.2 Å². The third-order valence-corrected chi connectivity index (χ3v) is 3.81. The van der Waals surface area contributed by atoms with E-state index in [1.165, 1.54) is 0 Å². The van der Waals surface area contributed by atoms with Crippen LogP contribution in [0.1, 0.15) is 43.5 Å². The second-order valence-electron chi connectivity index (χ2n) is 5.51. The molecule has 4 heteroatoms. The van der Waals surface area contributed by atoms with Gasteiger partial charge in [-0.05, 0) is 43.5 Å². The van der Waals surface area contributed by atoms with E-state index < -0.39 is 0 Å². The Morgan fingerprint density at radius 3 is 2.62 bits per heavy atom. The van der Waals surface area contributed by atoms with Crippen LogP contribution in [0, 0.1) is 5.92 Å². The van der Waals surface area contributed by atoms with Gasteiger partial charge in [-0.25, -0.2) is 0 Å². The van der Waals surface area contributed by atoms with Gasteiger partial charge in [0.1, 0.15) is 5.75 Å². The van der Waals surface area contributed by atoms with Gasteiger partial charge in [0.15, 0.2) is 5.78 Å². The fraction of sp³-hybridized carbons (Fsp3) is 0.529. The van der Waals surface area contributed by atoms with Crippen molar-refractivity contribution in [3.63, 3.8) is 0 Å². The van der Waals surface area contributed by atoms with Crippen molar-refractivity contribution in [3.8, 4) is 5.75 Å². The van der Waals surface area contributed by atoms with Gasteiger partial charge < -0.3 is 9.64 Å². The quantitative estimate of drug-likeness (QED) is 0.725. The minimum atomic E-state index is -0.0106. The van der Waals surface area contributed by atoms with Crippen LogP contribution in [-0.4, -0.2) is 36.3 Å². The van der Waals surface area contributed by atoms with Gasteiger partial charge in [0.05, 0.1) is 13.2 Å². The van der Waals surface area contributed by atoms with Crippen LogP contribution in [0.2, 0.25) is 0 Å². The molecule has 0 aromatic heterocycles. The smallest absolute Gasteiger partial charge is 0.223 e. The average molecular weight is 289 g/mol. The van der Waals surface area contributed by atoms with Crippen molar-refractivity contribution in [2.45, 2.75) is 33.1 Å². The van der Waals surface area contributed by atoms with Crippen molar-refractivity contribution in [3.05, 3.63) is 29.8 Å². The van der Waals surface area contributed by atoms with Crippen LogP contribution in [0.15, 0.2) is 24.3 Å². The normalized spacial score (nSPS) is 18.1. The highest BCUT2D eigenvalue weighted by Crippen LogP contribution is 2.22. The average Bonchev–Trinajstić information content (AvgIpc) is 2.80. The van der Waals surface area contributed by atoms with Crippen molar-refractivity contribution in [1.82, 2.24) is 4.90 Å². The number of amides is 1. The van der Waals surface area contributed by atoms with Gasteiger partial charge in [-0.2, -0.15) is 0 Å². The molecule has 0 N–H and O–H groups in total. The lowest BCUT2D eigenvalue weighted by Crippen LogP contribution is -2.31. The van der Waals surface area contributed by atoms with Crippen molar-refractivity contribution in [2.24, 2.45) is 5.92 Å². The van der Waals surface area contributed by atoms with Crippen LogP contribution >= 0.6 is 0 Å². The fourth-order valence-electron chi connectivity index (χ4n) is 2.78. The van der Waals surface area contributed by atoms with Gasteiger partial charge in [-0.1, -0.05) is 13.3 Å². The summed E-state index contributed by atoms with van der Waals surface area (Å²) in [4.78, 5) is 25.9. The number of ketones is 1. The number of nitrogens with zero attached hydrogens (tertiary/aromatic N) is 1. The van der Waals surface area contributed by atoms with E-state index in [4.69, 9.17) is 4.74 Å². The van der Waals surface area contributed by atoms with Crippen molar-refractivity contribution in [2.75, 3.05) is 19.7 Å². The third kappa shape index (κ3) is 4.06. The van der Waals surface area contributed by atoms with Gasteiger partial charge in [0.25, 0.3) is 0 Å². The maximum atomic E-state index is 12.2. The molecule has 1 fully saturated rings. The molecule has 0 saturated carbocycles. The van der Waals surface area contributed by atoms with Crippen LogP contribution in [-0.2, 0) is 4.79 Å². The van der Waals surface area contributed by atoms with Crippen molar-refractivity contribution >= 4 is 11.7 Å². The van der Waals surface area contributed by atoms with E-state index in [2.05, 4.69) is 6.92 Å². The summed E-state index contributed by atoms with van der Waals surface area (Å²) in [6.07, 6.45) is 2.72. The lowest BCUT2D eigenvalue weighted by Gasteiger charge is -2.15. The SMILES string of the molecule is CCCC1CC(=O)N(CC(=O)c2ccc(OCC)cc2)C1. The number of carbonyl (C=O) groups excluding carboxylic acids is 2. The first-order chi connectivity index (χ1) is 10.1. The van der Waals surface area contributed by atoms with E-state index in [0.717, 1.165) is 25.1 Å². The fourth-order valence-corrected chi connectivity index (χ4v) is 2.78. The summed E-state index contributed by atoms with van der Waals surface area (Å²) in [6.45, 7) is 5.56. The Hall–Kier alpha value is -1.84. The summed E-state index contributed by atoms with van der Waals surface area (Å²) in [5.41, 5.74) is 0.630. The van der Waals surface area contributed by atoms with Crippen LogP contribution in [0.25, 0.3) is 0 Å². The molecule has 0 bridgehead atoms. The van der Waals surface area contributed by atoms with E-state index >= 15 is 0 Å². The topological polar surface area (TPSA) is 46.6 Å². The van der Waals surface area contributed by atoms with Crippen molar-refractivity contribution in [1.29, 1.82) is 0 Å². The Morgan fingerprint density at radius 1 is 1.29 bits per heavy atom. The Morgan fingerprint density at radius 2 is 2.00 bits per heavy atom. The molecule has 1 aliphatic heterocycles.